The van der Waals surface area contributed by atoms with Crippen molar-refractivity contribution in [3.8, 4) is 0 Å². The zero-order valence-electron chi connectivity index (χ0n) is 11.6. The van der Waals surface area contributed by atoms with Crippen LogP contribution in [-0.4, -0.2) is 18.5 Å². The molecule has 2 rings (SSSR count). The molecular formula is C15H11BrClFN2O3. The Morgan fingerprint density at radius 1 is 1.26 bits per heavy atom. The highest BCUT2D eigenvalue weighted by Crippen LogP contribution is 2.22. The summed E-state index contributed by atoms with van der Waals surface area (Å²) in [6.45, 7) is -0.529. The maximum Gasteiger partial charge on any atom is 0.340 e. The van der Waals surface area contributed by atoms with Crippen molar-refractivity contribution in [2.45, 2.75) is 0 Å². The molecule has 0 spiro atoms. The minimum Gasteiger partial charge on any atom is -0.452 e. The van der Waals surface area contributed by atoms with Crippen molar-refractivity contribution in [1.82, 2.24) is 0 Å². The molecular weight excluding hydrogens is 391 g/mol. The van der Waals surface area contributed by atoms with Gasteiger partial charge in [0.15, 0.2) is 6.61 Å². The van der Waals surface area contributed by atoms with Gasteiger partial charge in [-0.3, -0.25) is 4.79 Å². The van der Waals surface area contributed by atoms with Crippen molar-refractivity contribution in [3.05, 3.63) is 57.3 Å². The number of esters is 1. The number of hydrogen-bond acceptors (Lipinski definition) is 4. The highest BCUT2D eigenvalue weighted by Gasteiger charge is 2.14. The van der Waals surface area contributed by atoms with Crippen molar-refractivity contribution in [2.24, 2.45) is 0 Å². The first kappa shape index (κ1) is 17.2. The Morgan fingerprint density at radius 3 is 2.70 bits per heavy atom. The molecule has 3 N–H and O–H groups in total. The van der Waals surface area contributed by atoms with E-state index >= 15 is 0 Å². The van der Waals surface area contributed by atoms with Gasteiger partial charge in [-0.05, 0) is 36.4 Å². The minimum atomic E-state index is -0.732. The third-order valence-electron chi connectivity index (χ3n) is 2.77. The largest absolute Gasteiger partial charge is 0.452 e. The van der Waals surface area contributed by atoms with E-state index in [1.54, 1.807) is 12.1 Å². The number of carbonyl (C=O) groups excluding carboxylic acids is 2. The number of rotatable bonds is 4. The fraction of sp³-hybridized carbons (Fsp3) is 0.0667. The standard InChI is InChI=1S/C15H11BrClFN2O3/c16-8-1-3-12(19)10(5-8)15(22)23-7-14(21)20-13-4-2-9(18)6-11(13)17/h1-6H,7,19H2,(H,20,21). The summed E-state index contributed by atoms with van der Waals surface area (Å²) < 4.78 is 18.5. The molecule has 8 heteroatoms. The minimum absolute atomic E-state index is 0.0425. The molecule has 0 fully saturated rings. The van der Waals surface area contributed by atoms with Crippen molar-refractivity contribution >= 4 is 50.8 Å². The van der Waals surface area contributed by atoms with Crippen molar-refractivity contribution in [3.63, 3.8) is 0 Å². The molecule has 23 heavy (non-hydrogen) atoms. The molecule has 0 unspecified atom stereocenters. The predicted molar refractivity (Wildman–Crippen MR) is 88.9 cm³/mol. The summed E-state index contributed by atoms with van der Waals surface area (Å²) in [6.07, 6.45) is 0. The maximum absolute atomic E-state index is 12.9. The van der Waals surface area contributed by atoms with Crippen LogP contribution in [0, 0.1) is 5.82 Å². The molecule has 0 aliphatic carbocycles. The number of nitrogen functional groups attached to an aromatic ring is 1. The predicted octanol–water partition coefficient (Wildman–Crippen LogP) is 3.62. The number of carbonyl (C=O) groups is 2. The van der Waals surface area contributed by atoms with Crippen molar-refractivity contribution in [1.29, 1.82) is 0 Å². The van der Waals surface area contributed by atoms with Crippen LogP contribution in [0.4, 0.5) is 15.8 Å². The summed E-state index contributed by atoms with van der Waals surface area (Å²) in [5.74, 6) is -1.87. The summed E-state index contributed by atoms with van der Waals surface area (Å²) in [5, 5.41) is 2.46. The molecule has 0 radical (unpaired) electrons. The van der Waals surface area contributed by atoms with Crippen LogP contribution >= 0.6 is 27.5 Å². The number of nitrogens with one attached hydrogen (secondary N) is 1. The van der Waals surface area contributed by atoms with Gasteiger partial charge in [0.25, 0.3) is 5.91 Å². The molecule has 1 amide bonds. The summed E-state index contributed by atoms with van der Waals surface area (Å²) in [5.41, 5.74) is 6.28. The average molecular weight is 402 g/mol. The SMILES string of the molecule is Nc1ccc(Br)cc1C(=O)OCC(=O)Nc1ccc(F)cc1Cl. The van der Waals surface area contributed by atoms with E-state index in [1.165, 1.54) is 12.1 Å². The van der Waals surface area contributed by atoms with Crippen LogP contribution in [0.2, 0.25) is 5.02 Å². The van der Waals surface area contributed by atoms with Gasteiger partial charge < -0.3 is 15.8 Å². The Kier molecular flexibility index (Phi) is 5.57. The Hall–Kier alpha value is -2.12. The van der Waals surface area contributed by atoms with Gasteiger partial charge in [-0.1, -0.05) is 27.5 Å². The van der Waals surface area contributed by atoms with Gasteiger partial charge in [-0.25, -0.2) is 9.18 Å². The lowest BCUT2D eigenvalue weighted by Gasteiger charge is -2.09. The number of nitrogens with two attached hydrogens (primary N) is 1. The summed E-state index contributed by atoms with van der Waals surface area (Å²) in [4.78, 5) is 23.7. The lowest BCUT2D eigenvalue weighted by atomic mass is 10.2. The van der Waals surface area contributed by atoms with Gasteiger partial charge in [-0.15, -0.1) is 0 Å². The molecule has 0 aromatic heterocycles. The first-order valence-corrected chi connectivity index (χ1v) is 7.51. The molecule has 0 heterocycles. The van der Waals surface area contributed by atoms with Gasteiger partial charge in [0.2, 0.25) is 0 Å². The first-order valence-electron chi connectivity index (χ1n) is 6.34. The van der Waals surface area contributed by atoms with Crippen molar-refractivity contribution in [2.75, 3.05) is 17.7 Å². The molecule has 0 aliphatic heterocycles. The van der Waals surface area contributed by atoms with Gasteiger partial charge in [0.1, 0.15) is 5.82 Å². The number of hydrogen-bond donors (Lipinski definition) is 2. The quantitative estimate of drug-likeness (QED) is 0.606. The second-order valence-corrected chi connectivity index (χ2v) is 5.80. The fourth-order valence-corrected chi connectivity index (χ4v) is 2.27. The second-order valence-electron chi connectivity index (χ2n) is 4.48. The molecule has 0 bridgehead atoms. The van der Waals surface area contributed by atoms with Gasteiger partial charge >= 0.3 is 5.97 Å². The summed E-state index contributed by atoms with van der Waals surface area (Å²) in [6, 6.07) is 8.23. The highest BCUT2D eigenvalue weighted by molar-refractivity contribution is 9.10. The topological polar surface area (TPSA) is 81.4 Å². The van der Waals surface area contributed by atoms with E-state index in [2.05, 4.69) is 21.2 Å². The van der Waals surface area contributed by atoms with Crippen LogP contribution in [-0.2, 0) is 9.53 Å². The lowest BCUT2D eigenvalue weighted by molar-refractivity contribution is -0.119. The van der Waals surface area contributed by atoms with E-state index in [0.717, 1.165) is 12.1 Å². The number of ether oxygens (including phenoxy) is 1. The van der Waals surface area contributed by atoms with E-state index in [-0.39, 0.29) is 22.0 Å². The third-order valence-corrected chi connectivity index (χ3v) is 3.58. The zero-order valence-corrected chi connectivity index (χ0v) is 13.9. The smallest absolute Gasteiger partial charge is 0.340 e. The Bertz CT molecular complexity index is 770. The molecule has 120 valence electrons. The zero-order chi connectivity index (χ0) is 17.0. The van der Waals surface area contributed by atoms with Crippen LogP contribution in [0.3, 0.4) is 0 Å². The fourth-order valence-electron chi connectivity index (χ4n) is 1.69. The van der Waals surface area contributed by atoms with Crippen LogP contribution in [0.5, 0.6) is 0 Å². The van der Waals surface area contributed by atoms with E-state index < -0.39 is 24.3 Å². The lowest BCUT2D eigenvalue weighted by Crippen LogP contribution is -2.21. The second kappa shape index (κ2) is 7.43. The monoisotopic (exact) mass is 400 g/mol. The van der Waals surface area contributed by atoms with E-state index in [4.69, 9.17) is 22.1 Å². The number of anilines is 2. The Morgan fingerprint density at radius 2 is 2.00 bits per heavy atom. The molecule has 0 aliphatic rings. The summed E-state index contributed by atoms with van der Waals surface area (Å²) in [7, 11) is 0. The van der Waals surface area contributed by atoms with Gasteiger partial charge in [0.05, 0.1) is 16.3 Å². The van der Waals surface area contributed by atoms with E-state index in [0.29, 0.717) is 4.47 Å². The number of amides is 1. The van der Waals surface area contributed by atoms with Crippen LogP contribution < -0.4 is 11.1 Å². The molecule has 5 nitrogen and oxygen atoms in total. The molecule has 0 atom stereocenters. The average Bonchev–Trinajstić information content (AvgIpc) is 2.50. The molecule has 2 aromatic carbocycles. The third kappa shape index (κ3) is 4.67. The number of halogens is 3. The van der Waals surface area contributed by atoms with Crippen LogP contribution in [0.1, 0.15) is 10.4 Å². The Labute approximate surface area is 144 Å². The Balaban J connectivity index is 1.96. The molecule has 0 saturated carbocycles. The normalized spacial score (nSPS) is 10.2. The first-order chi connectivity index (χ1) is 10.9. The molecule has 0 saturated heterocycles. The van der Waals surface area contributed by atoms with Crippen molar-refractivity contribution < 1.29 is 18.7 Å². The van der Waals surface area contributed by atoms with E-state index in [9.17, 15) is 14.0 Å². The molecule has 2 aromatic rings. The summed E-state index contributed by atoms with van der Waals surface area (Å²) >= 11 is 9.00. The van der Waals surface area contributed by atoms with Crippen LogP contribution in [0.15, 0.2) is 40.9 Å². The maximum atomic E-state index is 12.9. The highest BCUT2D eigenvalue weighted by atomic mass is 79.9. The van der Waals surface area contributed by atoms with Gasteiger partial charge in [-0.2, -0.15) is 0 Å². The number of benzene rings is 2. The van der Waals surface area contributed by atoms with E-state index in [1.807, 2.05) is 0 Å². The van der Waals surface area contributed by atoms with Crippen LogP contribution in [0.25, 0.3) is 0 Å². The van der Waals surface area contributed by atoms with Gasteiger partial charge in [0, 0.05) is 10.2 Å².